The van der Waals surface area contributed by atoms with Crippen LogP contribution in [-0.4, -0.2) is 24.8 Å². The van der Waals surface area contributed by atoms with Gasteiger partial charge in [-0.15, -0.1) is 0 Å². The fourth-order valence-electron chi connectivity index (χ4n) is 2.86. The molecule has 3 aromatic rings. The van der Waals surface area contributed by atoms with Crippen LogP contribution in [-0.2, 0) is 6.54 Å². The number of para-hydroxylation sites is 2. The number of amides is 1. The van der Waals surface area contributed by atoms with Gasteiger partial charge in [-0.2, -0.15) is 0 Å². The van der Waals surface area contributed by atoms with Crippen molar-refractivity contribution in [2.75, 3.05) is 19.2 Å². The number of nitrogens with zero attached hydrogens (tertiary/aromatic N) is 1. The van der Waals surface area contributed by atoms with Crippen molar-refractivity contribution in [2.45, 2.75) is 6.54 Å². The first-order valence-electron chi connectivity index (χ1n) is 8.76. The summed E-state index contributed by atoms with van der Waals surface area (Å²) < 4.78 is 16.0. The molecule has 0 fully saturated rings. The maximum absolute atomic E-state index is 12.5. The van der Waals surface area contributed by atoms with E-state index in [4.69, 9.17) is 14.2 Å². The number of ether oxygens (including phenoxy) is 3. The van der Waals surface area contributed by atoms with E-state index < -0.39 is 0 Å². The number of rotatable bonds is 6. The lowest BCUT2D eigenvalue weighted by Gasteiger charge is -2.11. The first-order valence-corrected chi connectivity index (χ1v) is 8.76. The number of aromatic nitrogens is 1. The molecule has 0 saturated carbocycles. The van der Waals surface area contributed by atoms with Crippen molar-refractivity contribution >= 4 is 17.3 Å². The van der Waals surface area contributed by atoms with E-state index in [0.717, 1.165) is 16.9 Å². The molecule has 0 spiro atoms. The summed E-state index contributed by atoms with van der Waals surface area (Å²) in [7, 11) is 1.61. The van der Waals surface area contributed by atoms with Crippen LogP contribution < -0.4 is 24.8 Å². The molecule has 4 rings (SSSR count). The van der Waals surface area contributed by atoms with E-state index in [2.05, 4.69) is 15.6 Å². The van der Waals surface area contributed by atoms with Crippen LogP contribution in [0, 0.1) is 0 Å². The first kappa shape index (κ1) is 17.7. The zero-order chi connectivity index (χ0) is 19.3. The Balaban J connectivity index is 1.43. The number of nitrogens with one attached hydrogen (secondary N) is 2. The molecule has 7 nitrogen and oxygen atoms in total. The molecular formula is C21H19N3O4. The Hall–Kier alpha value is -3.74. The van der Waals surface area contributed by atoms with Gasteiger partial charge in [-0.3, -0.25) is 9.78 Å². The fourth-order valence-corrected chi connectivity index (χ4v) is 2.86. The molecule has 7 heteroatoms. The molecule has 0 bridgehead atoms. The van der Waals surface area contributed by atoms with Crippen LogP contribution in [0.5, 0.6) is 17.2 Å². The minimum absolute atomic E-state index is 0.223. The molecule has 1 aliphatic heterocycles. The largest absolute Gasteiger partial charge is 0.495 e. The smallest absolute Gasteiger partial charge is 0.270 e. The van der Waals surface area contributed by atoms with Gasteiger partial charge in [0.05, 0.1) is 12.8 Å². The lowest BCUT2D eigenvalue weighted by atomic mass is 10.2. The van der Waals surface area contributed by atoms with Crippen molar-refractivity contribution in [3.05, 3.63) is 72.1 Å². The van der Waals surface area contributed by atoms with Gasteiger partial charge in [0.15, 0.2) is 11.5 Å². The van der Waals surface area contributed by atoms with Crippen LogP contribution in [0.3, 0.4) is 0 Å². The number of carbonyl (C=O) groups excluding carboxylic acids is 1. The van der Waals surface area contributed by atoms with Crippen LogP contribution >= 0.6 is 0 Å². The van der Waals surface area contributed by atoms with E-state index in [0.29, 0.717) is 29.5 Å². The Morgan fingerprint density at radius 2 is 1.96 bits per heavy atom. The van der Waals surface area contributed by atoms with Crippen LogP contribution in [0.25, 0.3) is 0 Å². The van der Waals surface area contributed by atoms with Gasteiger partial charge in [0.2, 0.25) is 6.79 Å². The molecule has 0 atom stereocenters. The number of hydrogen-bond acceptors (Lipinski definition) is 6. The lowest BCUT2D eigenvalue weighted by Crippen LogP contribution is -2.23. The SMILES string of the molecule is COc1ccccc1Nc1ccnc(C(=O)NCc2ccc3c(c2)OCO3)c1. The topological polar surface area (TPSA) is 81.7 Å². The van der Waals surface area contributed by atoms with Crippen LogP contribution in [0.1, 0.15) is 16.1 Å². The van der Waals surface area contributed by atoms with Crippen LogP contribution in [0.4, 0.5) is 11.4 Å². The average Bonchev–Trinajstić information content (AvgIpc) is 3.20. The van der Waals surface area contributed by atoms with Crippen molar-refractivity contribution in [1.29, 1.82) is 0 Å². The Labute approximate surface area is 162 Å². The molecule has 0 aliphatic carbocycles. The zero-order valence-electron chi connectivity index (χ0n) is 15.3. The van der Waals surface area contributed by atoms with E-state index in [1.165, 1.54) is 0 Å². The highest BCUT2D eigenvalue weighted by molar-refractivity contribution is 5.93. The van der Waals surface area contributed by atoms with Crippen molar-refractivity contribution in [2.24, 2.45) is 0 Å². The monoisotopic (exact) mass is 377 g/mol. The number of methoxy groups -OCH3 is 1. The normalized spacial score (nSPS) is 11.8. The molecule has 1 aliphatic rings. The first-order chi connectivity index (χ1) is 13.7. The summed E-state index contributed by atoms with van der Waals surface area (Å²) in [6.07, 6.45) is 1.59. The maximum Gasteiger partial charge on any atom is 0.270 e. The summed E-state index contributed by atoms with van der Waals surface area (Å²) >= 11 is 0. The van der Waals surface area contributed by atoms with Crippen LogP contribution in [0.15, 0.2) is 60.8 Å². The number of hydrogen-bond donors (Lipinski definition) is 2. The number of benzene rings is 2. The molecule has 142 valence electrons. The molecular weight excluding hydrogens is 358 g/mol. The summed E-state index contributed by atoms with van der Waals surface area (Å²) in [5, 5.41) is 6.12. The molecule has 2 N–H and O–H groups in total. The quantitative estimate of drug-likeness (QED) is 0.684. The van der Waals surface area contributed by atoms with Gasteiger partial charge in [0.25, 0.3) is 5.91 Å². The second kappa shape index (κ2) is 7.87. The minimum atomic E-state index is -0.263. The Bertz CT molecular complexity index is 1010. The summed E-state index contributed by atoms with van der Waals surface area (Å²) in [6, 6.07) is 16.6. The van der Waals surface area contributed by atoms with Gasteiger partial charge in [-0.25, -0.2) is 0 Å². The predicted octanol–water partition coefficient (Wildman–Crippen LogP) is 3.49. The highest BCUT2D eigenvalue weighted by Crippen LogP contribution is 2.32. The molecule has 1 aromatic heterocycles. The third kappa shape index (κ3) is 3.83. The van der Waals surface area contributed by atoms with Gasteiger partial charge >= 0.3 is 0 Å². The van der Waals surface area contributed by atoms with Crippen molar-refractivity contribution in [3.63, 3.8) is 0 Å². The Morgan fingerprint density at radius 3 is 2.86 bits per heavy atom. The van der Waals surface area contributed by atoms with Gasteiger partial charge in [0.1, 0.15) is 11.4 Å². The van der Waals surface area contributed by atoms with Gasteiger partial charge in [-0.05, 0) is 42.0 Å². The molecule has 1 amide bonds. The number of carbonyl (C=O) groups is 1. The highest BCUT2D eigenvalue weighted by atomic mass is 16.7. The van der Waals surface area contributed by atoms with Crippen molar-refractivity contribution in [1.82, 2.24) is 10.3 Å². The molecule has 0 radical (unpaired) electrons. The van der Waals surface area contributed by atoms with E-state index in [1.54, 1.807) is 25.4 Å². The highest BCUT2D eigenvalue weighted by Gasteiger charge is 2.14. The van der Waals surface area contributed by atoms with E-state index in [-0.39, 0.29) is 12.7 Å². The summed E-state index contributed by atoms with van der Waals surface area (Å²) in [5.74, 6) is 1.86. The van der Waals surface area contributed by atoms with Crippen molar-refractivity contribution < 1.29 is 19.0 Å². The maximum atomic E-state index is 12.5. The number of anilines is 2. The fraction of sp³-hybridized carbons (Fsp3) is 0.143. The minimum Gasteiger partial charge on any atom is -0.495 e. The molecule has 0 saturated heterocycles. The van der Waals surface area contributed by atoms with E-state index in [1.807, 2.05) is 42.5 Å². The van der Waals surface area contributed by atoms with Gasteiger partial charge in [0, 0.05) is 18.4 Å². The summed E-state index contributed by atoms with van der Waals surface area (Å²) in [6.45, 7) is 0.586. The third-order valence-electron chi connectivity index (χ3n) is 4.27. The standard InChI is InChI=1S/C21H19N3O4/c1-26-18-5-3-2-4-16(18)24-15-8-9-22-17(11-15)21(25)23-12-14-6-7-19-20(10-14)28-13-27-19/h2-11H,12-13H2,1H3,(H,22,24)(H,23,25). The summed E-state index contributed by atoms with van der Waals surface area (Å²) in [4.78, 5) is 16.7. The Kier molecular flexibility index (Phi) is 4.97. The second-order valence-corrected chi connectivity index (χ2v) is 6.13. The molecule has 28 heavy (non-hydrogen) atoms. The van der Waals surface area contributed by atoms with Gasteiger partial charge < -0.3 is 24.8 Å². The van der Waals surface area contributed by atoms with E-state index >= 15 is 0 Å². The van der Waals surface area contributed by atoms with E-state index in [9.17, 15) is 4.79 Å². The summed E-state index contributed by atoms with van der Waals surface area (Å²) in [5.41, 5.74) is 2.79. The average molecular weight is 377 g/mol. The van der Waals surface area contributed by atoms with Gasteiger partial charge in [-0.1, -0.05) is 18.2 Å². The number of pyridine rings is 1. The second-order valence-electron chi connectivity index (χ2n) is 6.13. The molecule has 2 heterocycles. The lowest BCUT2D eigenvalue weighted by molar-refractivity contribution is 0.0946. The molecule has 0 unspecified atom stereocenters. The predicted molar refractivity (Wildman–Crippen MR) is 104 cm³/mol. The molecule has 2 aromatic carbocycles. The Morgan fingerprint density at radius 1 is 1.11 bits per heavy atom. The van der Waals surface area contributed by atoms with Crippen LogP contribution in [0.2, 0.25) is 0 Å². The number of fused-ring (bicyclic) bond motifs is 1. The van der Waals surface area contributed by atoms with Crippen molar-refractivity contribution in [3.8, 4) is 17.2 Å². The zero-order valence-corrected chi connectivity index (χ0v) is 15.3. The third-order valence-corrected chi connectivity index (χ3v) is 4.27.